The molecule has 2 aromatic heterocycles. The summed E-state index contributed by atoms with van der Waals surface area (Å²) in [4.78, 5) is 15.8. The van der Waals surface area contributed by atoms with Gasteiger partial charge in [-0.05, 0) is 37.5 Å². The molecule has 0 radical (unpaired) electrons. The maximum atomic E-state index is 4.63. The maximum Gasteiger partial charge on any atom is 0.125 e. The summed E-state index contributed by atoms with van der Waals surface area (Å²) < 4.78 is 0. The Hall–Kier alpha value is -1.81. The van der Waals surface area contributed by atoms with Gasteiger partial charge in [-0.1, -0.05) is 6.07 Å². The third kappa shape index (κ3) is 2.85. The Labute approximate surface area is 119 Å². The molecule has 2 aromatic rings. The van der Waals surface area contributed by atoms with Gasteiger partial charge in [0, 0.05) is 49.8 Å². The number of fused-ring (bicyclic) bond motifs is 1. The van der Waals surface area contributed by atoms with Crippen LogP contribution in [0.5, 0.6) is 0 Å². The van der Waals surface area contributed by atoms with Gasteiger partial charge in [0.25, 0.3) is 0 Å². The first-order valence-electron chi connectivity index (χ1n) is 7.16. The van der Waals surface area contributed by atoms with Crippen LogP contribution in [-0.4, -0.2) is 32.9 Å². The number of aryl methyl sites for hydroxylation is 2. The topological polar surface area (TPSA) is 41.9 Å². The fourth-order valence-corrected chi connectivity index (χ4v) is 2.89. The highest BCUT2D eigenvalue weighted by atomic mass is 15.1. The fraction of sp³-hybridized carbons (Fsp3) is 0.438. The maximum absolute atomic E-state index is 4.63. The van der Waals surface area contributed by atoms with Gasteiger partial charge < -0.3 is 0 Å². The molecule has 1 aliphatic heterocycles. The van der Waals surface area contributed by atoms with Crippen LogP contribution in [0.4, 0.5) is 0 Å². The van der Waals surface area contributed by atoms with E-state index in [2.05, 4.69) is 32.8 Å². The number of hydrogen-bond donors (Lipinski definition) is 0. The van der Waals surface area contributed by atoms with E-state index in [0.29, 0.717) is 0 Å². The summed E-state index contributed by atoms with van der Waals surface area (Å²) in [6.07, 6.45) is 5.83. The Bertz CT molecular complexity index is 595. The van der Waals surface area contributed by atoms with Crippen LogP contribution in [-0.2, 0) is 19.4 Å². The van der Waals surface area contributed by atoms with Crippen LogP contribution in [0.2, 0.25) is 0 Å². The zero-order valence-electron chi connectivity index (χ0n) is 12.1. The van der Waals surface area contributed by atoms with Crippen molar-refractivity contribution >= 4 is 0 Å². The van der Waals surface area contributed by atoms with Crippen molar-refractivity contribution in [3.63, 3.8) is 0 Å². The second-order valence-electron chi connectivity index (χ2n) is 5.42. The SMILES string of the molecule is Cc1nc(C)c2c(n1)CCN(Cc1cccnc1)CC2. The predicted octanol–water partition coefficient (Wildman–Crippen LogP) is 2.09. The molecular formula is C16H20N4. The van der Waals surface area contributed by atoms with E-state index in [1.165, 1.54) is 16.8 Å². The lowest BCUT2D eigenvalue weighted by Crippen LogP contribution is -2.26. The molecule has 0 N–H and O–H groups in total. The molecule has 3 rings (SSSR count). The largest absolute Gasteiger partial charge is 0.298 e. The molecule has 0 atom stereocenters. The monoisotopic (exact) mass is 268 g/mol. The molecule has 1 aliphatic rings. The summed E-state index contributed by atoms with van der Waals surface area (Å²) in [5.74, 6) is 0.891. The minimum atomic E-state index is 0.891. The lowest BCUT2D eigenvalue weighted by atomic mass is 10.1. The van der Waals surface area contributed by atoms with E-state index in [4.69, 9.17) is 0 Å². The van der Waals surface area contributed by atoms with E-state index in [-0.39, 0.29) is 0 Å². The molecule has 0 amide bonds. The van der Waals surface area contributed by atoms with Crippen molar-refractivity contribution in [1.82, 2.24) is 19.9 Å². The highest BCUT2D eigenvalue weighted by Crippen LogP contribution is 2.18. The average molecular weight is 268 g/mol. The van der Waals surface area contributed by atoms with Crippen molar-refractivity contribution < 1.29 is 0 Å². The lowest BCUT2D eigenvalue weighted by molar-refractivity contribution is 0.278. The van der Waals surface area contributed by atoms with Crippen molar-refractivity contribution in [3.8, 4) is 0 Å². The molecule has 0 fully saturated rings. The molecule has 0 unspecified atom stereocenters. The Morgan fingerprint density at radius 3 is 2.80 bits per heavy atom. The van der Waals surface area contributed by atoms with Crippen LogP contribution in [0.15, 0.2) is 24.5 Å². The van der Waals surface area contributed by atoms with Crippen LogP contribution < -0.4 is 0 Å². The van der Waals surface area contributed by atoms with E-state index in [9.17, 15) is 0 Å². The normalized spacial score (nSPS) is 15.7. The van der Waals surface area contributed by atoms with Gasteiger partial charge >= 0.3 is 0 Å². The van der Waals surface area contributed by atoms with Crippen molar-refractivity contribution in [3.05, 3.63) is 52.9 Å². The van der Waals surface area contributed by atoms with Crippen LogP contribution in [0.1, 0.15) is 28.3 Å². The Kier molecular flexibility index (Phi) is 3.74. The highest BCUT2D eigenvalue weighted by molar-refractivity contribution is 5.27. The zero-order chi connectivity index (χ0) is 13.9. The van der Waals surface area contributed by atoms with Gasteiger partial charge in [0.15, 0.2) is 0 Å². The highest BCUT2D eigenvalue weighted by Gasteiger charge is 2.17. The van der Waals surface area contributed by atoms with Crippen LogP contribution in [0, 0.1) is 13.8 Å². The van der Waals surface area contributed by atoms with E-state index >= 15 is 0 Å². The first-order valence-corrected chi connectivity index (χ1v) is 7.16. The minimum Gasteiger partial charge on any atom is -0.298 e. The smallest absolute Gasteiger partial charge is 0.125 e. The van der Waals surface area contributed by atoms with Crippen LogP contribution in [0.25, 0.3) is 0 Å². The Morgan fingerprint density at radius 1 is 1.15 bits per heavy atom. The van der Waals surface area contributed by atoms with Gasteiger partial charge in [0.2, 0.25) is 0 Å². The summed E-state index contributed by atoms with van der Waals surface area (Å²) >= 11 is 0. The summed E-state index contributed by atoms with van der Waals surface area (Å²) in [6.45, 7) is 7.16. The van der Waals surface area contributed by atoms with E-state index < -0.39 is 0 Å². The van der Waals surface area contributed by atoms with Crippen molar-refractivity contribution in [2.75, 3.05) is 13.1 Å². The summed E-state index contributed by atoms with van der Waals surface area (Å²) in [5.41, 5.74) is 5.01. The molecule has 20 heavy (non-hydrogen) atoms. The molecule has 3 heterocycles. The van der Waals surface area contributed by atoms with Crippen molar-refractivity contribution in [2.45, 2.75) is 33.2 Å². The average Bonchev–Trinajstić information content (AvgIpc) is 2.63. The van der Waals surface area contributed by atoms with E-state index in [1.54, 1.807) is 0 Å². The number of pyridine rings is 1. The molecule has 104 valence electrons. The van der Waals surface area contributed by atoms with Gasteiger partial charge in [-0.25, -0.2) is 9.97 Å². The number of aromatic nitrogens is 3. The second-order valence-corrected chi connectivity index (χ2v) is 5.42. The summed E-state index contributed by atoms with van der Waals surface area (Å²) in [5, 5.41) is 0. The van der Waals surface area contributed by atoms with Gasteiger partial charge in [-0.3, -0.25) is 9.88 Å². The number of rotatable bonds is 2. The zero-order valence-corrected chi connectivity index (χ0v) is 12.1. The molecule has 4 heteroatoms. The Morgan fingerprint density at radius 2 is 2.00 bits per heavy atom. The minimum absolute atomic E-state index is 0.891. The first kappa shape index (κ1) is 13.2. The van der Waals surface area contributed by atoms with Gasteiger partial charge in [0.1, 0.15) is 5.82 Å². The molecule has 0 bridgehead atoms. The number of nitrogens with zero attached hydrogens (tertiary/aromatic N) is 4. The molecule has 4 nitrogen and oxygen atoms in total. The lowest BCUT2D eigenvalue weighted by Gasteiger charge is -2.19. The molecular weight excluding hydrogens is 248 g/mol. The third-order valence-corrected chi connectivity index (χ3v) is 3.88. The van der Waals surface area contributed by atoms with Gasteiger partial charge in [-0.2, -0.15) is 0 Å². The fourth-order valence-electron chi connectivity index (χ4n) is 2.89. The third-order valence-electron chi connectivity index (χ3n) is 3.88. The quantitative estimate of drug-likeness (QED) is 0.836. The van der Waals surface area contributed by atoms with Crippen molar-refractivity contribution in [1.29, 1.82) is 0 Å². The van der Waals surface area contributed by atoms with E-state index in [1.807, 2.05) is 25.4 Å². The summed E-state index contributed by atoms with van der Waals surface area (Å²) in [6, 6.07) is 4.14. The first-order chi connectivity index (χ1) is 9.72. The van der Waals surface area contributed by atoms with E-state index in [0.717, 1.165) is 44.0 Å². The van der Waals surface area contributed by atoms with Gasteiger partial charge in [0.05, 0.1) is 0 Å². The summed E-state index contributed by atoms with van der Waals surface area (Å²) in [7, 11) is 0. The molecule has 0 saturated carbocycles. The van der Waals surface area contributed by atoms with Crippen molar-refractivity contribution in [2.24, 2.45) is 0 Å². The molecule has 0 aromatic carbocycles. The number of hydrogen-bond acceptors (Lipinski definition) is 4. The van der Waals surface area contributed by atoms with Gasteiger partial charge in [-0.15, -0.1) is 0 Å². The second kappa shape index (κ2) is 5.67. The van der Waals surface area contributed by atoms with Crippen LogP contribution in [0.3, 0.4) is 0 Å². The molecule has 0 spiro atoms. The standard InChI is InChI=1S/C16H20N4/c1-12-15-5-8-20(11-14-4-3-7-17-10-14)9-6-16(15)19-13(2)18-12/h3-4,7,10H,5-6,8-9,11H2,1-2H3. The molecule has 0 aliphatic carbocycles. The van der Waals surface area contributed by atoms with Crippen LogP contribution >= 0.6 is 0 Å². The predicted molar refractivity (Wildman–Crippen MR) is 78.4 cm³/mol. The molecule has 0 saturated heterocycles. The Balaban J connectivity index is 1.74.